The minimum atomic E-state index is 0.292. The molecule has 3 heterocycles. The predicted molar refractivity (Wildman–Crippen MR) is 98.5 cm³/mol. The SMILES string of the molecule is Cc1nc(NCC[C@H]2CCC(=O)N2CCN(C)C)c2sccc2n1. The summed E-state index contributed by atoms with van der Waals surface area (Å²) >= 11 is 1.66. The normalized spacial score (nSPS) is 18.1. The van der Waals surface area contributed by atoms with Crippen molar-refractivity contribution in [2.45, 2.75) is 32.2 Å². The Morgan fingerprint density at radius 1 is 1.42 bits per heavy atom. The number of hydrogen-bond acceptors (Lipinski definition) is 6. The van der Waals surface area contributed by atoms with Gasteiger partial charge in [-0.25, -0.2) is 9.97 Å². The van der Waals surface area contributed by atoms with Crippen LogP contribution in [-0.4, -0.2) is 65.4 Å². The van der Waals surface area contributed by atoms with Gasteiger partial charge in [0.25, 0.3) is 0 Å². The maximum atomic E-state index is 12.1. The number of nitrogens with one attached hydrogen (secondary N) is 1. The maximum absolute atomic E-state index is 12.1. The van der Waals surface area contributed by atoms with Crippen molar-refractivity contribution in [2.75, 3.05) is 39.0 Å². The smallest absolute Gasteiger partial charge is 0.222 e. The summed E-state index contributed by atoms with van der Waals surface area (Å²) in [5.41, 5.74) is 0.999. The second-order valence-corrected chi connectivity index (χ2v) is 7.47. The number of amides is 1. The Morgan fingerprint density at radius 3 is 3.04 bits per heavy atom. The van der Waals surface area contributed by atoms with Crippen LogP contribution >= 0.6 is 11.3 Å². The van der Waals surface area contributed by atoms with Gasteiger partial charge in [-0.1, -0.05) is 0 Å². The van der Waals surface area contributed by atoms with Gasteiger partial charge in [0, 0.05) is 32.1 Å². The summed E-state index contributed by atoms with van der Waals surface area (Å²) in [4.78, 5) is 25.2. The zero-order chi connectivity index (χ0) is 17.1. The number of hydrogen-bond donors (Lipinski definition) is 1. The van der Waals surface area contributed by atoms with E-state index in [1.165, 1.54) is 0 Å². The van der Waals surface area contributed by atoms with E-state index in [-0.39, 0.29) is 0 Å². The van der Waals surface area contributed by atoms with E-state index in [1.807, 2.05) is 37.4 Å². The van der Waals surface area contributed by atoms with Crippen LogP contribution in [0.1, 0.15) is 25.1 Å². The number of carbonyl (C=O) groups is 1. The lowest BCUT2D eigenvalue weighted by Crippen LogP contribution is -2.39. The molecule has 24 heavy (non-hydrogen) atoms. The first-order valence-electron chi connectivity index (χ1n) is 8.44. The second-order valence-electron chi connectivity index (χ2n) is 6.55. The van der Waals surface area contributed by atoms with Gasteiger partial charge in [-0.05, 0) is 45.3 Å². The van der Waals surface area contributed by atoms with Crippen LogP contribution in [0.5, 0.6) is 0 Å². The Bertz CT molecular complexity index is 714. The summed E-state index contributed by atoms with van der Waals surface area (Å²) in [6.07, 6.45) is 2.60. The van der Waals surface area contributed by atoms with Crippen LogP contribution in [0.2, 0.25) is 0 Å². The van der Waals surface area contributed by atoms with Crippen molar-refractivity contribution in [3.63, 3.8) is 0 Å². The highest BCUT2D eigenvalue weighted by Gasteiger charge is 2.30. The van der Waals surface area contributed by atoms with Crippen LogP contribution in [0.3, 0.4) is 0 Å². The summed E-state index contributed by atoms with van der Waals surface area (Å²) in [5, 5.41) is 5.50. The summed E-state index contributed by atoms with van der Waals surface area (Å²) in [6.45, 7) is 4.47. The number of carbonyl (C=O) groups excluding carboxylic acids is 1. The number of nitrogens with zero attached hydrogens (tertiary/aromatic N) is 4. The van der Waals surface area contributed by atoms with E-state index in [4.69, 9.17) is 0 Å². The first-order valence-corrected chi connectivity index (χ1v) is 9.32. The Labute approximate surface area is 146 Å². The van der Waals surface area contributed by atoms with Gasteiger partial charge in [0.1, 0.15) is 11.6 Å². The lowest BCUT2D eigenvalue weighted by Gasteiger charge is -2.26. The highest BCUT2D eigenvalue weighted by Crippen LogP contribution is 2.26. The van der Waals surface area contributed by atoms with Gasteiger partial charge in [0.15, 0.2) is 0 Å². The molecule has 0 bridgehead atoms. The number of aryl methyl sites for hydroxylation is 1. The maximum Gasteiger partial charge on any atom is 0.222 e. The van der Waals surface area contributed by atoms with Crippen LogP contribution < -0.4 is 5.32 Å². The van der Waals surface area contributed by atoms with Gasteiger partial charge in [-0.15, -0.1) is 11.3 Å². The molecule has 2 aromatic heterocycles. The number of fused-ring (bicyclic) bond motifs is 1. The molecule has 6 nitrogen and oxygen atoms in total. The van der Waals surface area contributed by atoms with Crippen molar-refractivity contribution in [1.29, 1.82) is 0 Å². The molecule has 3 rings (SSSR count). The van der Waals surface area contributed by atoms with E-state index in [1.54, 1.807) is 11.3 Å². The van der Waals surface area contributed by atoms with Gasteiger partial charge in [0.05, 0.1) is 10.2 Å². The molecule has 2 aromatic rings. The first-order chi connectivity index (χ1) is 11.5. The molecular formula is C17H25N5OS. The number of thiophene rings is 1. The van der Waals surface area contributed by atoms with E-state index in [0.717, 1.165) is 54.3 Å². The van der Waals surface area contributed by atoms with Crippen LogP contribution in [0.15, 0.2) is 11.4 Å². The van der Waals surface area contributed by atoms with E-state index in [0.29, 0.717) is 18.4 Å². The van der Waals surface area contributed by atoms with Gasteiger partial charge in [-0.2, -0.15) is 0 Å². The fraction of sp³-hybridized carbons (Fsp3) is 0.588. The summed E-state index contributed by atoms with van der Waals surface area (Å²) in [5.74, 6) is 1.99. The highest BCUT2D eigenvalue weighted by atomic mass is 32.1. The standard InChI is InChI=1S/C17H25N5OS/c1-12-19-14-7-11-24-16(14)17(20-12)18-8-6-13-4-5-15(23)22(13)10-9-21(2)3/h7,11,13H,4-6,8-10H2,1-3H3,(H,18,19,20)/t13-/m1/s1. The number of likely N-dealkylation sites (N-methyl/N-ethyl adjacent to an activating group) is 1. The quantitative estimate of drug-likeness (QED) is 0.833. The molecule has 0 aliphatic carbocycles. The average Bonchev–Trinajstić information content (AvgIpc) is 3.12. The van der Waals surface area contributed by atoms with Crippen molar-refractivity contribution >= 4 is 33.3 Å². The summed E-state index contributed by atoms with van der Waals surface area (Å²) < 4.78 is 1.10. The number of likely N-dealkylation sites (tertiary alicyclic amines) is 1. The average molecular weight is 347 g/mol. The van der Waals surface area contributed by atoms with Crippen molar-refractivity contribution in [3.05, 3.63) is 17.3 Å². The lowest BCUT2D eigenvalue weighted by atomic mass is 10.1. The molecule has 1 saturated heterocycles. The van der Waals surface area contributed by atoms with Crippen molar-refractivity contribution in [3.8, 4) is 0 Å². The van der Waals surface area contributed by atoms with Crippen LogP contribution in [0.25, 0.3) is 10.2 Å². The molecule has 1 fully saturated rings. The van der Waals surface area contributed by atoms with E-state index in [9.17, 15) is 4.79 Å². The monoisotopic (exact) mass is 347 g/mol. The second kappa shape index (κ2) is 7.44. The topological polar surface area (TPSA) is 61.4 Å². The van der Waals surface area contributed by atoms with Gasteiger partial charge >= 0.3 is 0 Å². The molecule has 1 N–H and O–H groups in total. The highest BCUT2D eigenvalue weighted by molar-refractivity contribution is 7.17. The van der Waals surface area contributed by atoms with Gasteiger partial charge < -0.3 is 15.1 Å². The molecule has 1 atom stereocenters. The Balaban J connectivity index is 1.58. The molecule has 0 spiro atoms. The Kier molecular flexibility index (Phi) is 5.30. The third kappa shape index (κ3) is 3.84. The predicted octanol–water partition coefficient (Wildman–Crippen LogP) is 2.35. The van der Waals surface area contributed by atoms with Crippen LogP contribution in [0.4, 0.5) is 5.82 Å². The molecule has 0 aromatic carbocycles. The molecule has 1 aliphatic heterocycles. The molecule has 7 heteroatoms. The fourth-order valence-corrected chi connectivity index (χ4v) is 3.96. The van der Waals surface area contributed by atoms with Crippen LogP contribution in [-0.2, 0) is 4.79 Å². The zero-order valence-electron chi connectivity index (χ0n) is 14.6. The Hall–Kier alpha value is -1.73. The number of anilines is 1. The molecular weight excluding hydrogens is 322 g/mol. The number of aromatic nitrogens is 2. The molecule has 0 saturated carbocycles. The van der Waals surface area contributed by atoms with E-state index < -0.39 is 0 Å². The fourth-order valence-electron chi connectivity index (χ4n) is 3.16. The minimum Gasteiger partial charge on any atom is -0.369 e. The lowest BCUT2D eigenvalue weighted by molar-refractivity contribution is -0.129. The number of rotatable bonds is 7. The Morgan fingerprint density at radius 2 is 2.25 bits per heavy atom. The third-order valence-electron chi connectivity index (χ3n) is 4.43. The largest absolute Gasteiger partial charge is 0.369 e. The van der Waals surface area contributed by atoms with Gasteiger partial charge in [-0.3, -0.25) is 4.79 Å². The van der Waals surface area contributed by atoms with E-state index >= 15 is 0 Å². The first kappa shape index (κ1) is 17.1. The molecule has 0 radical (unpaired) electrons. The minimum absolute atomic E-state index is 0.292. The third-order valence-corrected chi connectivity index (χ3v) is 5.34. The molecule has 1 amide bonds. The summed E-state index contributed by atoms with van der Waals surface area (Å²) in [6, 6.07) is 2.37. The van der Waals surface area contributed by atoms with Gasteiger partial charge in [0.2, 0.25) is 5.91 Å². The van der Waals surface area contributed by atoms with Crippen molar-refractivity contribution in [2.24, 2.45) is 0 Å². The molecule has 1 aliphatic rings. The van der Waals surface area contributed by atoms with Crippen molar-refractivity contribution in [1.82, 2.24) is 19.8 Å². The van der Waals surface area contributed by atoms with Crippen LogP contribution in [0, 0.1) is 6.92 Å². The molecule has 130 valence electrons. The molecule has 0 unspecified atom stereocenters. The zero-order valence-corrected chi connectivity index (χ0v) is 15.4. The summed E-state index contributed by atoms with van der Waals surface area (Å²) in [7, 11) is 4.08. The van der Waals surface area contributed by atoms with E-state index in [2.05, 4.69) is 20.2 Å². The van der Waals surface area contributed by atoms with Crippen molar-refractivity contribution < 1.29 is 4.79 Å².